The van der Waals surface area contributed by atoms with Crippen molar-refractivity contribution in [3.05, 3.63) is 77.6 Å². The Morgan fingerprint density at radius 1 is 0.500 bits per heavy atom. The summed E-state index contributed by atoms with van der Waals surface area (Å²) in [5.74, 6) is -9.58. The number of benzene rings is 3. The second kappa shape index (κ2) is 13.1. The van der Waals surface area contributed by atoms with Crippen LogP contribution in [0.1, 0.15) is 59.3 Å². The summed E-state index contributed by atoms with van der Waals surface area (Å²) in [6.45, 7) is 6.59. The number of halogens is 5. The molecule has 3 aromatic rings. The average molecular weight is 609 g/mol. The van der Waals surface area contributed by atoms with Crippen LogP contribution < -0.4 is 3.58 Å². The molecule has 0 aliphatic carbocycles. The van der Waals surface area contributed by atoms with Gasteiger partial charge in [-0.3, -0.25) is 0 Å². The van der Waals surface area contributed by atoms with Gasteiger partial charge < -0.3 is 0 Å². The van der Waals surface area contributed by atoms with Gasteiger partial charge in [-0.15, -0.1) is 0 Å². The molecule has 0 amide bonds. The van der Waals surface area contributed by atoms with Crippen LogP contribution >= 0.6 is 0 Å². The fourth-order valence-corrected chi connectivity index (χ4v) is 22.1. The molecule has 0 atom stereocenters. The predicted molar refractivity (Wildman–Crippen MR) is 142 cm³/mol. The zero-order chi connectivity index (χ0) is 26.3. The molecule has 194 valence electrons. The van der Waals surface area contributed by atoms with Crippen LogP contribution in [0.2, 0.25) is 13.3 Å². The SMILES string of the molecule is CCC[CH2][Sn]([CH2]CCC)([CH2]CCC)[c]1ccccc1-c1ccccc1-c1c(F)c(F)c(F)c(F)c1F. The van der Waals surface area contributed by atoms with Crippen LogP contribution in [0, 0.1) is 29.1 Å². The molecule has 0 unspecified atom stereocenters. The van der Waals surface area contributed by atoms with Crippen molar-refractivity contribution >= 4 is 22.0 Å². The number of hydrogen-bond acceptors (Lipinski definition) is 0. The summed E-state index contributed by atoms with van der Waals surface area (Å²) in [6, 6.07) is 14.6. The average Bonchev–Trinajstić information content (AvgIpc) is 2.91. The predicted octanol–water partition coefficient (Wildman–Crippen LogP) is 9.77. The molecule has 0 saturated heterocycles. The third-order valence-corrected chi connectivity index (χ3v) is 22.9. The van der Waals surface area contributed by atoms with Crippen molar-refractivity contribution in [1.82, 2.24) is 0 Å². The first-order valence-corrected chi connectivity index (χ1v) is 20.5. The Balaban J connectivity index is 2.31. The molecule has 0 aromatic heterocycles. The zero-order valence-corrected chi connectivity index (χ0v) is 24.2. The van der Waals surface area contributed by atoms with E-state index in [2.05, 4.69) is 26.8 Å². The summed E-state index contributed by atoms with van der Waals surface area (Å²) >= 11 is -3.01. The van der Waals surface area contributed by atoms with E-state index in [4.69, 9.17) is 0 Å². The Labute approximate surface area is 215 Å². The topological polar surface area (TPSA) is 0 Å². The van der Waals surface area contributed by atoms with Crippen LogP contribution in [-0.2, 0) is 0 Å². The summed E-state index contributed by atoms with van der Waals surface area (Å²) in [7, 11) is 0. The molecule has 36 heavy (non-hydrogen) atoms. The van der Waals surface area contributed by atoms with E-state index >= 15 is 0 Å². The standard InChI is InChI=1S/C18H8F5.3C4H9.Sn/c19-14-13(15(20)17(22)18(23)16(14)21)12-9-5-4-8-11(12)10-6-2-1-3-7-10;3*1-3-4-2;/h1-6,8-9H;3*1,3-4H2,2H3;. The molecule has 0 aliphatic heterocycles. The molecule has 0 saturated carbocycles. The molecule has 0 aliphatic rings. The van der Waals surface area contributed by atoms with Crippen molar-refractivity contribution in [2.75, 3.05) is 0 Å². The Hall–Kier alpha value is -1.89. The van der Waals surface area contributed by atoms with E-state index in [0.717, 1.165) is 44.1 Å². The van der Waals surface area contributed by atoms with Gasteiger partial charge in [0.05, 0.1) is 0 Å². The van der Waals surface area contributed by atoms with E-state index in [1.165, 1.54) is 23.0 Å². The summed E-state index contributed by atoms with van der Waals surface area (Å²) in [5, 5.41) is 0. The normalized spacial score (nSPS) is 11.8. The van der Waals surface area contributed by atoms with Crippen molar-refractivity contribution in [3.63, 3.8) is 0 Å². The fraction of sp³-hybridized carbons (Fsp3) is 0.400. The van der Waals surface area contributed by atoms with E-state index in [-0.39, 0.29) is 5.56 Å². The van der Waals surface area contributed by atoms with Crippen molar-refractivity contribution in [1.29, 1.82) is 0 Å². The Bertz CT molecular complexity index is 1120. The van der Waals surface area contributed by atoms with Crippen LogP contribution in [0.3, 0.4) is 0 Å². The van der Waals surface area contributed by atoms with Crippen molar-refractivity contribution < 1.29 is 22.0 Å². The van der Waals surface area contributed by atoms with Gasteiger partial charge in [0.15, 0.2) is 0 Å². The molecule has 0 radical (unpaired) electrons. The molecule has 3 rings (SSSR count). The molecule has 0 heterocycles. The molecule has 0 spiro atoms. The monoisotopic (exact) mass is 610 g/mol. The zero-order valence-electron chi connectivity index (χ0n) is 21.4. The van der Waals surface area contributed by atoms with Crippen molar-refractivity contribution in [2.24, 2.45) is 0 Å². The maximum absolute atomic E-state index is 14.9. The van der Waals surface area contributed by atoms with Gasteiger partial charge in [0, 0.05) is 0 Å². The summed E-state index contributed by atoms with van der Waals surface area (Å²) in [6.07, 6.45) is 6.70. The molecule has 0 fully saturated rings. The number of rotatable bonds is 12. The van der Waals surface area contributed by atoms with Crippen LogP contribution in [0.5, 0.6) is 0 Å². The summed E-state index contributed by atoms with van der Waals surface area (Å²) in [4.78, 5) is 0. The maximum atomic E-state index is 14.9. The van der Waals surface area contributed by atoms with Gasteiger partial charge in [-0.2, -0.15) is 0 Å². The first-order valence-electron chi connectivity index (χ1n) is 13.0. The molecule has 0 bridgehead atoms. The number of unbranched alkanes of at least 4 members (excludes halogenated alkanes) is 3. The van der Waals surface area contributed by atoms with E-state index in [1.807, 2.05) is 18.2 Å². The van der Waals surface area contributed by atoms with E-state index in [0.29, 0.717) is 5.56 Å². The van der Waals surface area contributed by atoms with E-state index in [9.17, 15) is 22.0 Å². The van der Waals surface area contributed by atoms with Crippen molar-refractivity contribution in [2.45, 2.75) is 72.6 Å². The van der Waals surface area contributed by atoms with E-state index < -0.39 is 53.0 Å². The third kappa shape index (κ3) is 5.81. The van der Waals surface area contributed by atoms with Crippen LogP contribution in [0.15, 0.2) is 48.5 Å². The third-order valence-electron chi connectivity index (χ3n) is 7.22. The van der Waals surface area contributed by atoms with Gasteiger partial charge in [0.25, 0.3) is 0 Å². The molecular formula is C30H35F5Sn. The van der Waals surface area contributed by atoms with E-state index in [1.54, 1.807) is 18.2 Å². The first-order chi connectivity index (χ1) is 17.3. The second-order valence-electron chi connectivity index (χ2n) is 9.63. The molecule has 0 N–H and O–H groups in total. The first kappa shape index (κ1) is 28.7. The molecule has 0 nitrogen and oxygen atoms in total. The van der Waals surface area contributed by atoms with Crippen molar-refractivity contribution in [3.8, 4) is 22.3 Å². The molecule has 6 heteroatoms. The van der Waals surface area contributed by atoms with Crippen LogP contribution in [0.4, 0.5) is 22.0 Å². The van der Waals surface area contributed by atoms with Gasteiger partial charge in [0.1, 0.15) is 0 Å². The van der Waals surface area contributed by atoms with Crippen LogP contribution in [0.25, 0.3) is 22.3 Å². The minimum absolute atomic E-state index is 0.0272. The van der Waals surface area contributed by atoms with Gasteiger partial charge in [-0.05, 0) is 0 Å². The van der Waals surface area contributed by atoms with Gasteiger partial charge in [-0.1, -0.05) is 0 Å². The Morgan fingerprint density at radius 2 is 0.889 bits per heavy atom. The minimum atomic E-state index is -3.01. The Morgan fingerprint density at radius 3 is 1.36 bits per heavy atom. The summed E-state index contributed by atoms with van der Waals surface area (Å²) in [5.41, 5.74) is 0.547. The summed E-state index contributed by atoms with van der Waals surface area (Å²) < 4.78 is 76.8. The molecular weight excluding hydrogens is 574 g/mol. The fourth-order valence-electron chi connectivity index (χ4n) is 5.28. The van der Waals surface area contributed by atoms with Gasteiger partial charge >= 0.3 is 216 Å². The Kier molecular flexibility index (Phi) is 10.4. The molecule has 3 aromatic carbocycles. The van der Waals surface area contributed by atoms with Gasteiger partial charge in [-0.25, -0.2) is 0 Å². The van der Waals surface area contributed by atoms with Gasteiger partial charge in [0.2, 0.25) is 0 Å². The van der Waals surface area contributed by atoms with Crippen LogP contribution in [-0.4, -0.2) is 18.4 Å². The quantitative estimate of drug-likeness (QED) is 0.0831. The second-order valence-corrected chi connectivity index (χ2v) is 22.8. The number of hydrogen-bond donors (Lipinski definition) is 0.